The molecule has 0 N–H and O–H groups in total. The zero-order chi connectivity index (χ0) is 19.3. The van der Waals surface area contributed by atoms with Crippen LogP contribution in [0.2, 0.25) is 0 Å². The highest BCUT2D eigenvalue weighted by atomic mass is 32.2. The van der Waals surface area contributed by atoms with Crippen molar-refractivity contribution in [1.29, 1.82) is 0 Å². The summed E-state index contributed by atoms with van der Waals surface area (Å²) in [6.07, 6.45) is 0. The van der Waals surface area contributed by atoms with Gasteiger partial charge in [-0.1, -0.05) is 11.8 Å². The van der Waals surface area contributed by atoms with Crippen molar-refractivity contribution in [3.8, 4) is 11.3 Å². The summed E-state index contributed by atoms with van der Waals surface area (Å²) in [5, 5.41) is 12.3. The maximum Gasteiger partial charge on any atom is 0.272 e. The molecular weight excluding hydrogens is 417 g/mol. The smallest absolute Gasteiger partial charge is 0.272 e. The predicted octanol–water partition coefficient (Wildman–Crippen LogP) is 4.20. The first-order chi connectivity index (χ1) is 13.6. The van der Waals surface area contributed by atoms with E-state index in [4.69, 9.17) is 0 Å². The first-order valence-corrected chi connectivity index (χ1v) is 11.0. The summed E-state index contributed by atoms with van der Waals surface area (Å²) in [7, 11) is 1.71. The molecule has 0 aliphatic carbocycles. The number of halogens is 1. The Morgan fingerprint density at radius 2 is 1.96 bits per heavy atom. The number of fused-ring (bicyclic) bond motifs is 3. The van der Waals surface area contributed by atoms with Crippen LogP contribution in [0, 0.1) is 5.82 Å². The second-order valence-electron chi connectivity index (χ2n) is 6.04. The summed E-state index contributed by atoms with van der Waals surface area (Å²) in [6, 6.07) is 8.22. The molecule has 0 fully saturated rings. The van der Waals surface area contributed by atoms with Gasteiger partial charge in [0.15, 0.2) is 4.34 Å². The van der Waals surface area contributed by atoms with E-state index in [0.29, 0.717) is 16.2 Å². The van der Waals surface area contributed by atoms with Crippen molar-refractivity contribution in [2.24, 2.45) is 7.05 Å². The Labute approximate surface area is 170 Å². The summed E-state index contributed by atoms with van der Waals surface area (Å²) in [5.74, 6) is 1.59. The molecule has 4 heterocycles. The monoisotopic (exact) mass is 429 g/mol. The van der Waals surface area contributed by atoms with Gasteiger partial charge in [-0.05, 0) is 35.7 Å². The van der Waals surface area contributed by atoms with Crippen LogP contribution in [-0.2, 0) is 12.8 Å². The van der Waals surface area contributed by atoms with Gasteiger partial charge in [-0.3, -0.25) is 13.8 Å². The summed E-state index contributed by atoms with van der Waals surface area (Å²) in [6.45, 7) is 0. The van der Waals surface area contributed by atoms with Crippen LogP contribution in [0.1, 0.15) is 5.82 Å². The highest BCUT2D eigenvalue weighted by molar-refractivity contribution is 8.00. The molecule has 5 rings (SSSR count). The lowest BCUT2D eigenvalue weighted by atomic mass is 10.2. The number of thioether (sulfide) groups is 1. The van der Waals surface area contributed by atoms with Gasteiger partial charge in [0.1, 0.15) is 16.3 Å². The summed E-state index contributed by atoms with van der Waals surface area (Å²) >= 11 is 4.51. The topological polar surface area (TPSA) is 65.1 Å². The number of nitrogens with zero attached hydrogens (tertiary/aromatic N) is 5. The third-order valence-electron chi connectivity index (χ3n) is 4.35. The minimum absolute atomic E-state index is 0.0621. The molecule has 0 amide bonds. The third kappa shape index (κ3) is 2.84. The van der Waals surface area contributed by atoms with Gasteiger partial charge in [-0.15, -0.1) is 32.9 Å². The number of rotatable bonds is 4. The molecule has 0 spiro atoms. The van der Waals surface area contributed by atoms with E-state index in [-0.39, 0.29) is 11.4 Å². The molecule has 0 saturated heterocycles. The SMILES string of the molecule is Cn1c(=O)c2sccc2n2c(CSc3nc(-c4ccc(F)cc4)cs3)nnc12. The molecule has 0 atom stereocenters. The highest BCUT2D eigenvalue weighted by Gasteiger charge is 2.16. The number of aryl methyl sites for hydroxylation is 1. The lowest BCUT2D eigenvalue weighted by Gasteiger charge is -2.04. The van der Waals surface area contributed by atoms with Crippen molar-refractivity contribution in [1.82, 2.24) is 24.1 Å². The Hall–Kier alpha value is -2.56. The molecule has 0 radical (unpaired) electrons. The van der Waals surface area contributed by atoms with Crippen LogP contribution in [0.5, 0.6) is 0 Å². The first kappa shape index (κ1) is 17.5. The number of aromatic nitrogens is 5. The fraction of sp³-hybridized carbons (Fsp3) is 0.111. The van der Waals surface area contributed by atoms with Crippen LogP contribution >= 0.6 is 34.4 Å². The molecule has 5 aromatic rings. The van der Waals surface area contributed by atoms with Crippen LogP contribution in [-0.4, -0.2) is 24.1 Å². The standard InChI is InChI=1S/C18H12FN5OS3/c1-23-16(25)15-13(6-7-26-15)24-14(21-22-17(23)24)9-28-18-20-12(8-27-18)10-2-4-11(19)5-3-10/h2-8H,9H2,1H3. The molecule has 0 aliphatic rings. The minimum atomic E-state index is -0.263. The molecule has 6 nitrogen and oxygen atoms in total. The average Bonchev–Trinajstić information content (AvgIpc) is 3.43. The van der Waals surface area contributed by atoms with Crippen LogP contribution in [0.3, 0.4) is 0 Å². The predicted molar refractivity (Wildman–Crippen MR) is 111 cm³/mol. The van der Waals surface area contributed by atoms with E-state index in [9.17, 15) is 9.18 Å². The van der Waals surface area contributed by atoms with E-state index >= 15 is 0 Å². The van der Waals surface area contributed by atoms with E-state index in [0.717, 1.165) is 26.9 Å². The largest absolute Gasteiger partial charge is 0.279 e. The van der Waals surface area contributed by atoms with Gasteiger partial charge in [-0.2, -0.15) is 0 Å². The van der Waals surface area contributed by atoms with Crippen LogP contribution in [0.4, 0.5) is 4.39 Å². The maximum absolute atomic E-state index is 13.1. The van der Waals surface area contributed by atoms with Crippen LogP contribution in [0.15, 0.2) is 50.2 Å². The Bertz CT molecular complexity index is 1370. The molecule has 140 valence electrons. The van der Waals surface area contributed by atoms with Gasteiger partial charge in [-0.25, -0.2) is 9.37 Å². The number of hydrogen-bond donors (Lipinski definition) is 0. The Kier molecular flexibility index (Phi) is 4.26. The van der Waals surface area contributed by atoms with Crippen molar-refractivity contribution in [3.63, 3.8) is 0 Å². The lowest BCUT2D eigenvalue weighted by molar-refractivity contribution is 0.628. The van der Waals surface area contributed by atoms with Crippen LogP contribution in [0.25, 0.3) is 27.3 Å². The van der Waals surface area contributed by atoms with E-state index < -0.39 is 0 Å². The van der Waals surface area contributed by atoms with E-state index in [1.165, 1.54) is 39.4 Å². The Balaban J connectivity index is 1.46. The zero-order valence-electron chi connectivity index (χ0n) is 14.5. The second kappa shape index (κ2) is 6.80. The van der Waals surface area contributed by atoms with Crippen LogP contribution < -0.4 is 5.56 Å². The Morgan fingerprint density at radius 1 is 1.14 bits per heavy atom. The quantitative estimate of drug-likeness (QED) is 0.401. The van der Waals surface area contributed by atoms with E-state index in [1.807, 2.05) is 21.2 Å². The lowest BCUT2D eigenvalue weighted by Crippen LogP contribution is -2.19. The van der Waals surface area contributed by atoms with Crippen molar-refractivity contribution in [3.05, 3.63) is 63.1 Å². The van der Waals surface area contributed by atoms with Gasteiger partial charge in [0.25, 0.3) is 5.56 Å². The summed E-state index contributed by atoms with van der Waals surface area (Å²) in [4.78, 5) is 17.0. The Morgan fingerprint density at radius 3 is 2.79 bits per heavy atom. The molecular formula is C18H12FN5OS3. The molecule has 0 unspecified atom stereocenters. The van der Waals surface area contributed by atoms with Gasteiger partial charge >= 0.3 is 0 Å². The fourth-order valence-corrected chi connectivity index (χ4v) is 5.55. The molecule has 0 saturated carbocycles. The summed E-state index contributed by atoms with van der Waals surface area (Å²) in [5.41, 5.74) is 2.47. The van der Waals surface area contributed by atoms with Crippen molar-refractivity contribution in [2.75, 3.05) is 0 Å². The number of thiophene rings is 1. The molecule has 4 aromatic heterocycles. The maximum atomic E-state index is 13.1. The van der Waals surface area contributed by atoms with Gasteiger partial charge in [0, 0.05) is 18.0 Å². The first-order valence-electron chi connectivity index (χ1n) is 8.26. The van der Waals surface area contributed by atoms with Crippen molar-refractivity contribution < 1.29 is 4.39 Å². The molecule has 10 heteroatoms. The molecule has 28 heavy (non-hydrogen) atoms. The zero-order valence-corrected chi connectivity index (χ0v) is 16.9. The van der Waals surface area contributed by atoms with Gasteiger partial charge in [0.05, 0.1) is 17.0 Å². The van der Waals surface area contributed by atoms with E-state index in [2.05, 4.69) is 15.2 Å². The minimum Gasteiger partial charge on any atom is -0.279 e. The van der Waals surface area contributed by atoms with Gasteiger partial charge in [0.2, 0.25) is 5.78 Å². The highest BCUT2D eigenvalue weighted by Crippen LogP contribution is 2.30. The van der Waals surface area contributed by atoms with E-state index in [1.54, 1.807) is 30.9 Å². The number of thiazole rings is 1. The molecule has 0 aliphatic heterocycles. The number of benzene rings is 1. The normalized spacial score (nSPS) is 11.6. The average molecular weight is 430 g/mol. The summed E-state index contributed by atoms with van der Waals surface area (Å²) < 4.78 is 18.1. The molecule has 1 aromatic carbocycles. The third-order valence-corrected chi connectivity index (χ3v) is 7.25. The fourth-order valence-electron chi connectivity index (χ4n) is 2.95. The van der Waals surface area contributed by atoms with Gasteiger partial charge < -0.3 is 0 Å². The second-order valence-corrected chi connectivity index (χ2v) is 9.04. The number of hydrogen-bond acceptors (Lipinski definition) is 7. The van der Waals surface area contributed by atoms with Crippen molar-refractivity contribution in [2.45, 2.75) is 10.1 Å². The van der Waals surface area contributed by atoms with Crippen molar-refractivity contribution >= 4 is 50.4 Å². The molecule has 0 bridgehead atoms.